The molecule has 1 N–H and O–H groups in total. The molecule has 0 aliphatic carbocycles. The predicted molar refractivity (Wildman–Crippen MR) is 98.8 cm³/mol. The average molecular weight is 344 g/mol. The van der Waals surface area contributed by atoms with Crippen molar-refractivity contribution in [3.8, 4) is 17.5 Å². The molecule has 6 nitrogen and oxygen atoms in total. The fourth-order valence-corrected chi connectivity index (χ4v) is 2.32. The van der Waals surface area contributed by atoms with Gasteiger partial charge < -0.3 is 10.1 Å². The third kappa shape index (κ3) is 3.97. The maximum Gasteiger partial charge on any atom is 0.266 e. The second-order valence-corrected chi connectivity index (χ2v) is 5.41. The van der Waals surface area contributed by atoms with Crippen molar-refractivity contribution >= 4 is 17.7 Å². The summed E-state index contributed by atoms with van der Waals surface area (Å²) in [5.41, 5.74) is 2.13. The van der Waals surface area contributed by atoms with Crippen LogP contribution in [0.5, 0.6) is 5.75 Å². The van der Waals surface area contributed by atoms with Gasteiger partial charge in [-0.25, -0.2) is 4.68 Å². The van der Waals surface area contributed by atoms with Crippen LogP contribution in [0.25, 0.3) is 11.8 Å². The number of carbonyl (C=O) groups is 1. The molecular weight excluding hydrogens is 328 g/mol. The van der Waals surface area contributed by atoms with Gasteiger partial charge in [-0.1, -0.05) is 18.2 Å². The van der Waals surface area contributed by atoms with Crippen LogP contribution in [0, 0.1) is 11.3 Å². The molecule has 3 aromatic rings. The van der Waals surface area contributed by atoms with E-state index in [1.165, 1.54) is 6.08 Å². The van der Waals surface area contributed by atoms with Gasteiger partial charge >= 0.3 is 0 Å². The van der Waals surface area contributed by atoms with E-state index < -0.39 is 5.91 Å². The minimum atomic E-state index is -0.481. The van der Waals surface area contributed by atoms with E-state index in [1.807, 2.05) is 36.4 Å². The van der Waals surface area contributed by atoms with Crippen molar-refractivity contribution in [2.45, 2.75) is 0 Å². The first kappa shape index (κ1) is 17.0. The Morgan fingerprint density at radius 1 is 1.19 bits per heavy atom. The van der Waals surface area contributed by atoms with Crippen LogP contribution in [0.15, 0.2) is 72.6 Å². The molecule has 0 aliphatic heterocycles. The summed E-state index contributed by atoms with van der Waals surface area (Å²) < 4.78 is 6.76. The number of nitriles is 1. The van der Waals surface area contributed by atoms with Gasteiger partial charge in [0.25, 0.3) is 5.91 Å². The van der Waals surface area contributed by atoms with Crippen molar-refractivity contribution in [3.63, 3.8) is 0 Å². The van der Waals surface area contributed by atoms with Gasteiger partial charge in [0, 0.05) is 17.4 Å². The lowest BCUT2D eigenvalue weighted by molar-refractivity contribution is -0.112. The van der Waals surface area contributed by atoms with Gasteiger partial charge in [-0.05, 0) is 42.5 Å². The van der Waals surface area contributed by atoms with Gasteiger partial charge in [0.2, 0.25) is 0 Å². The molecule has 0 saturated carbocycles. The number of amides is 1. The summed E-state index contributed by atoms with van der Waals surface area (Å²) in [7, 11) is 1.57. The average Bonchev–Trinajstić information content (AvgIpc) is 3.16. The summed E-state index contributed by atoms with van der Waals surface area (Å²) >= 11 is 0. The zero-order valence-electron chi connectivity index (χ0n) is 14.1. The van der Waals surface area contributed by atoms with E-state index in [9.17, 15) is 10.1 Å². The van der Waals surface area contributed by atoms with Crippen molar-refractivity contribution in [1.29, 1.82) is 5.26 Å². The molecule has 0 radical (unpaired) electrons. The maximum atomic E-state index is 12.3. The van der Waals surface area contributed by atoms with Crippen LogP contribution in [-0.4, -0.2) is 22.8 Å². The van der Waals surface area contributed by atoms with Gasteiger partial charge in [-0.15, -0.1) is 0 Å². The number of hydrogen-bond acceptors (Lipinski definition) is 4. The van der Waals surface area contributed by atoms with E-state index in [4.69, 9.17) is 4.74 Å². The van der Waals surface area contributed by atoms with Crippen molar-refractivity contribution in [3.05, 3.63) is 78.1 Å². The highest BCUT2D eigenvalue weighted by Gasteiger charge is 2.10. The Bertz CT molecular complexity index is 967. The summed E-state index contributed by atoms with van der Waals surface area (Å²) in [6, 6.07) is 18.4. The molecule has 1 aromatic heterocycles. The molecule has 2 aromatic carbocycles. The van der Waals surface area contributed by atoms with E-state index in [-0.39, 0.29) is 5.57 Å². The summed E-state index contributed by atoms with van der Waals surface area (Å²) in [6.07, 6.45) is 4.86. The second kappa shape index (κ2) is 7.81. The van der Waals surface area contributed by atoms with E-state index in [0.717, 1.165) is 5.69 Å². The molecule has 1 heterocycles. The number of nitrogens with zero attached hydrogens (tertiary/aromatic N) is 3. The first-order chi connectivity index (χ1) is 12.7. The smallest absolute Gasteiger partial charge is 0.266 e. The number of aromatic nitrogens is 2. The Labute approximate surface area is 151 Å². The molecule has 0 saturated heterocycles. The molecule has 1 amide bonds. The van der Waals surface area contributed by atoms with Crippen molar-refractivity contribution in [1.82, 2.24) is 9.78 Å². The number of ether oxygens (including phenoxy) is 1. The van der Waals surface area contributed by atoms with E-state index in [2.05, 4.69) is 10.4 Å². The molecule has 26 heavy (non-hydrogen) atoms. The molecule has 6 heteroatoms. The molecule has 3 rings (SSSR count). The number of anilines is 1. The van der Waals surface area contributed by atoms with Gasteiger partial charge in [0.1, 0.15) is 17.4 Å². The predicted octanol–water partition coefficient (Wildman–Crippen LogP) is 3.43. The highest BCUT2D eigenvalue weighted by atomic mass is 16.5. The topological polar surface area (TPSA) is 79.9 Å². The standard InChI is InChI=1S/C20H16N4O2/c1-26-19-9-7-17(8-10-19)23-20(25)16(12-21)11-15-13-22-24(14-15)18-5-3-2-4-6-18/h2-11,13-14H,1H3,(H,23,25)/b16-11+. The van der Waals surface area contributed by atoms with Crippen LogP contribution >= 0.6 is 0 Å². The number of nitrogens with one attached hydrogen (secondary N) is 1. The van der Waals surface area contributed by atoms with Gasteiger partial charge in [-0.3, -0.25) is 4.79 Å². The Hall–Kier alpha value is -3.85. The number of methoxy groups -OCH3 is 1. The van der Waals surface area contributed by atoms with E-state index >= 15 is 0 Å². The van der Waals surface area contributed by atoms with Gasteiger partial charge in [0.15, 0.2) is 0 Å². The monoisotopic (exact) mass is 344 g/mol. The van der Waals surface area contributed by atoms with Crippen LogP contribution in [0.4, 0.5) is 5.69 Å². The molecule has 0 unspecified atom stereocenters. The third-order valence-electron chi connectivity index (χ3n) is 3.65. The van der Waals surface area contributed by atoms with Crippen molar-refractivity contribution < 1.29 is 9.53 Å². The first-order valence-electron chi connectivity index (χ1n) is 7.87. The number of benzene rings is 2. The van der Waals surface area contributed by atoms with E-state index in [0.29, 0.717) is 17.0 Å². The van der Waals surface area contributed by atoms with Crippen molar-refractivity contribution in [2.24, 2.45) is 0 Å². The number of hydrogen-bond donors (Lipinski definition) is 1. The van der Waals surface area contributed by atoms with Gasteiger partial charge in [0.05, 0.1) is 19.0 Å². The molecule has 0 spiro atoms. The molecule has 128 valence electrons. The van der Waals surface area contributed by atoms with E-state index in [1.54, 1.807) is 48.5 Å². The zero-order valence-corrected chi connectivity index (χ0v) is 14.1. The number of rotatable bonds is 5. The lowest BCUT2D eigenvalue weighted by Crippen LogP contribution is -2.13. The fraction of sp³-hybridized carbons (Fsp3) is 0.0500. The Morgan fingerprint density at radius 3 is 2.58 bits per heavy atom. The molecule has 0 bridgehead atoms. The lowest BCUT2D eigenvalue weighted by Gasteiger charge is -2.05. The Kier molecular flexibility index (Phi) is 5.11. The second-order valence-electron chi connectivity index (χ2n) is 5.41. The molecule has 0 atom stereocenters. The highest BCUT2D eigenvalue weighted by Crippen LogP contribution is 2.16. The third-order valence-corrected chi connectivity index (χ3v) is 3.65. The fourth-order valence-electron chi connectivity index (χ4n) is 2.32. The minimum Gasteiger partial charge on any atom is -0.497 e. The Balaban J connectivity index is 1.76. The number of para-hydroxylation sites is 1. The maximum absolute atomic E-state index is 12.3. The summed E-state index contributed by atoms with van der Waals surface area (Å²) in [6.45, 7) is 0. The van der Waals surface area contributed by atoms with Crippen LogP contribution in [0.3, 0.4) is 0 Å². The summed E-state index contributed by atoms with van der Waals surface area (Å²) in [5, 5.41) is 16.3. The SMILES string of the molecule is COc1ccc(NC(=O)/C(C#N)=C/c2cnn(-c3ccccc3)c2)cc1. The van der Waals surface area contributed by atoms with Crippen LogP contribution < -0.4 is 10.1 Å². The van der Waals surface area contributed by atoms with Gasteiger partial charge in [-0.2, -0.15) is 10.4 Å². The highest BCUT2D eigenvalue weighted by molar-refractivity contribution is 6.09. The van der Waals surface area contributed by atoms with Crippen LogP contribution in [-0.2, 0) is 4.79 Å². The minimum absolute atomic E-state index is 0.00608. The zero-order chi connectivity index (χ0) is 18.4. The van der Waals surface area contributed by atoms with Crippen molar-refractivity contribution in [2.75, 3.05) is 12.4 Å². The van der Waals surface area contributed by atoms with Crippen LogP contribution in [0.1, 0.15) is 5.56 Å². The largest absolute Gasteiger partial charge is 0.497 e. The lowest BCUT2D eigenvalue weighted by atomic mass is 10.2. The quantitative estimate of drug-likeness (QED) is 0.568. The normalized spacial score (nSPS) is 10.8. The molecule has 0 fully saturated rings. The summed E-state index contributed by atoms with van der Waals surface area (Å²) in [5.74, 6) is 0.206. The molecule has 0 aliphatic rings. The molecular formula is C20H16N4O2. The Morgan fingerprint density at radius 2 is 1.92 bits per heavy atom. The first-order valence-corrected chi connectivity index (χ1v) is 7.87. The number of carbonyl (C=O) groups excluding carboxylic acids is 1. The van der Waals surface area contributed by atoms with Crippen LogP contribution in [0.2, 0.25) is 0 Å². The summed E-state index contributed by atoms with van der Waals surface area (Å²) in [4.78, 5) is 12.3.